The van der Waals surface area contributed by atoms with Gasteiger partial charge in [0.05, 0.1) is 12.7 Å². The highest BCUT2D eigenvalue weighted by Crippen LogP contribution is 2.44. The number of carboxylic acids is 1. The van der Waals surface area contributed by atoms with Crippen molar-refractivity contribution >= 4 is 18.0 Å². The fourth-order valence-corrected chi connectivity index (χ4v) is 5.01. The summed E-state index contributed by atoms with van der Waals surface area (Å²) in [6.45, 7) is 4.22. The average Bonchev–Trinajstić information content (AvgIpc) is 3.27. The van der Waals surface area contributed by atoms with Crippen LogP contribution in [-0.4, -0.2) is 48.4 Å². The highest BCUT2D eigenvalue weighted by atomic mass is 16.5. The number of alkyl carbamates (subject to hydrolysis) is 1. The largest absolute Gasteiger partial charge is 0.481 e. The molecular weight excluding hydrogens is 508 g/mol. The summed E-state index contributed by atoms with van der Waals surface area (Å²) in [4.78, 5) is 37.1. The van der Waals surface area contributed by atoms with Crippen LogP contribution in [0, 0.1) is 5.92 Å². The summed E-state index contributed by atoms with van der Waals surface area (Å²) < 4.78 is 11.6. The fraction of sp³-hybridized carbons (Fsp3) is 0.344. The Morgan fingerprint density at radius 1 is 0.875 bits per heavy atom. The van der Waals surface area contributed by atoms with Gasteiger partial charge in [0.2, 0.25) is 5.91 Å². The molecule has 0 aromatic heterocycles. The van der Waals surface area contributed by atoms with E-state index in [4.69, 9.17) is 14.6 Å². The van der Waals surface area contributed by atoms with E-state index in [1.165, 1.54) is 0 Å². The molecule has 210 valence electrons. The normalized spacial score (nSPS) is 14.3. The van der Waals surface area contributed by atoms with Gasteiger partial charge in [-0.15, -0.1) is 0 Å². The average molecular weight is 545 g/mol. The summed E-state index contributed by atoms with van der Waals surface area (Å²) in [5, 5.41) is 14.5. The molecule has 8 nitrogen and oxygen atoms in total. The van der Waals surface area contributed by atoms with Crippen molar-refractivity contribution in [2.24, 2.45) is 5.92 Å². The number of fused-ring (bicyclic) bond motifs is 3. The summed E-state index contributed by atoms with van der Waals surface area (Å²) in [6, 6.07) is 24.7. The van der Waals surface area contributed by atoms with Gasteiger partial charge in [-0.2, -0.15) is 0 Å². The molecule has 1 aliphatic rings. The van der Waals surface area contributed by atoms with Gasteiger partial charge in [-0.3, -0.25) is 9.59 Å². The van der Waals surface area contributed by atoms with E-state index in [0.717, 1.165) is 27.8 Å². The van der Waals surface area contributed by atoms with Gasteiger partial charge < -0.3 is 25.2 Å². The molecule has 3 unspecified atom stereocenters. The Hall–Kier alpha value is -4.17. The summed E-state index contributed by atoms with van der Waals surface area (Å²) in [6.07, 6.45) is -0.850. The number of benzene rings is 3. The van der Waals surface area contributed by atoms with Crippen molar-refractivity contribution in [2.45, 2.75) is 51.4 Å². The van der Waals surface area contributed by atoms with Crippen LogP contribution < -0.4 is 10.6 Å². The van der Waals surface area contributed by atoms with Crippen molar-refractivity contribution in [2.75, 3.05) is 13.2 Å². The predicted octanol–water partition coefficient (Wildman–Crippen LogP) is 5.12. The number of carboxylic acid groups (broad SMARTS) is 1. The number of hydrogen-bond acceptors (Lipinski definition) is 5. The molecule has 40 heavy (non-hydrogen) atoms. The molecule has 2 amide bonds. The Kier molecular flexibility index (Phi) is 9.91. The summed E-state index contributed by atoms with van der Waals surface area (Å²) in [5.74, 6) is -1.50. The minimum atomic E-state index is -1.01. The van der Waals surface area contributed by atoms with Gasteiger partial charge in [-0.25, -0.2) is 4.79 Å². The first-order chi connectivity index (χ1) is 19.3. The lowest BCUT2D eigenvalue weighted by Crippen LogP contribution is -2.53. The van der Waals surface area contributed by atoms with E-state index in [-0.39, 0.29) is 38.0 Å². The molecule has 0 radical (unpaired) electrons. The monoisotopic (exact) mass is 544 g/mol. The van der Waals surface area contributed by atoms with Crippen molar-refractivity contribution in [3.8, 4) is 11.1 Å². The van der Waals surface area contributed by atoms with Crippen molar-refractivity contribution in [3.05, 3.63) is 95.6 Å². The van der Waals surface area contributed by atoms with E-state index in [1.54, 1.807) is 6.92 Å². The van der Waals surface area contributed by atoms with E-state index >= 15 is 0 Å². The number of carbonyl (C=O) groups excluding carboxylic acids is 2. The number of nitrogens with one attached hydrogen (secondary N) is 2. The van der Waals surface area contributed by atoms with Crippen LogP contribution in [-0.2, 0) is 25.7 Å². The zero-order chi connectivity index (χ0) is 28.5. The Morgan fingerprint density at radius 3 is 2.10 bits per heavy atom. The van der Waals surface area contributed by atoms with Crippen LogP contribution >= 0.6 is 0 Å². The van der Waals surface area contributed by atoms with Crippen molar-refractivity contribution in [1.82, 2.24) is 10.6 Å². The smallest absolute Gasteiger partial charge is 0.407 e. The number of amides is 2. The number of carbonyl (C=O) groups is 3. The molecule has 3 atom stereocenters. The lowest BCUT2D eigenvalue weighted by molar-refractivity contribution is -0.138. The van der Waals surface area contributed by atoms with Crippen molar-refractivity contribution < 1.29 is 29.0 Å². The Labute approximate surface area is 234 Å². The second-order valence-electron chi connectivity index (χ2n) is 10.2. The minimum Gasteiger partial charge on any atom is -0.481 e. The zero-order valence-corrected chi connectivity index (χ0v) is 22.8. The SMILES string of the molecule is CC(CCNC(=O)C(NC(=O)OCC1c2ccccc2-c2ccccc21)C(C)OCc1ccccc1)CC(=O)O. The van der Waals surface area contributed by atoms with Crippen LogP contribution in [0.1, 0.15) is 49.3 Å². The molecule has 0 spiro atoms. The van der Waals surface area contributed by atoms with Gasteiger partial charge in [0.15, 0.2) is 0 Å². The van der Waals surface area contributed by atoms with Crippen molar-refractivity contribution in [1.29, 1.82) is 0 Å². The van der Waals surface area contributed by atoms with E-state index in [2.05, 4.69) is 22.8 Å². The maximum absolute atomic E-state index is 13.1. The fourth-order valence-electron chi connectivity index (χ4n) is 5.01. The van der Waals surface area contributed by atoms with Crippen LogP contribution in [0.3, 0.4) is 0 Å². The quantitative estimate of drug-likeness (QED) is 0.275. The molecule has 1 aliphatic carbocycles. The van der Waals surface area contributed by atoms with Crippen molar-refractivity contribution in [3.63, 3.8) is 0 Å². The second-order valence-corrected chi connectivity index (χ2v) is 10.2. The van der Waals surface area contributed by atoms with Crippen LogP contribution in [0.4, 0.5) is 4.79 Å². The molecule has 0 saturated carbocycles. The minimum absolute atomic E-state index is 0.0217. The topological polar surface area (TPSA) is 114 Å². The molecule has 8 heteroatoms. The van der Waals surface area contributed by atoms with Crippen LogP contribution in [0.2, 0.25) is 0 Å². The molecule has 0 saturated heterocycles. The van der Waals surface area contributed by atoms with Gasteiger partial charge in [-0.05, 0) is 47.1 Å². The van der Waals surface area contributed by atoms with Gasteiger partial charge in [0.25, 0.3) is 0 Å². The van der Waals surface area contributed by atoms with Crippen LogP contribution in [0.25, 0.3) is 11.1 Å². The van der Waals surface area contributed by atoms with Gasteiger partial charge in [0.1, 0.15) is 12.6 Å². The number of rotatable bonds is 13. The number of hydrogen-bond donors (Lipinski definition) is 3. The molecule has 4 rings (SSSR count). The van der Waals surface area contributed by atoms with E-state index < -0.39 is 30.1 Å². The van der Waals surface area contributed by atoms with Gasteiger partial charge in [-0.1, -0.05) is 85.8 Å². The third-order valence-electron chi connectivity index (χ3n) is 7.18. The summed E-state index contributed by atoms with van der Waals surface area (Å²) in [5.41, 5.74) is 5.40. The first-order valence-electron chi connectivity index (χ1n) is 13.6. The molecule has 0 fully saturated rings. The molecule has 0 bridgehead atoms. The molecular formula is C32H36N2O6. The van der Waals surface area contributed by atoms with E-state index in [1.807, 2.05) is 73.7 Å². The second kappa shape index (κ2) is 13.8. The summed E-state index contributed by atoms with van der Waals surface area (Å²) >= 11 is 0. The van der Waals surface area contributed by atoms with E-state index in [9.17, 15) is 14.4 Å². The highest BCUT2D eigenvalue weighted by Gasteiger charge is 2.31. The Bertz CT molecular complexity index is 1270. The Balaban J connectivity index is 1.39. The predicted molar refractivity (Wildman–Crippen MR) is 152 cm³/mol. The van der Waals surface area contributed by atoms with E-state index in [0.29, 0.717) is 6.42 Å². The lowest BCUT2D eigenvalue weighted by atomic mass is 9.98. The van der Waals surface area contributed by atoms with Gasteiger partial charge >= 0.3 is 12.1 Å². The first-order valence-corrected chi connectivity index (χ1v) is 13.6. The Morgan fingerprint density at radius 2 is 1.48 bits per heavy atom. The zero-order valence-electron chi connectivity index (χ0n) is 22.8. The molecule has 3 N–H and O–H groups in total. The molecule has 3 aromatic rings. The number of aliphatic carboxylic acids is 1. The molecule has 3 aromatic carbocycles. The molecule has 0 aliphatic heterocycles. The third kappa shape index (κ3) is 7.48. The number of ether oxygens (including phenoxy) is 2. The highest BCUT2D eigenvalue weighted by molar-refractivity contribution is 5.86. The molecule has 0 heterocycles. The first kappa shape index (κ1) is 28.8. The van der Waals surface area contributed by atoms with Crippen LogP contribution in [0.5, 0.6) is 0 Å². The maximum Gasteiger partial charge on any atom is 0.407 e. The maximum atomic E-state index is 13.1. The third-order valence-corrected chi connectivity index (χ3v) is 7.18. The van der Waals surface area contributed by atoms with Gasteiger partial charge in [0, 0.05) is 18.9 Å². The van der Waals surface area contributed by atoms with Crippen LogP contribution in [0.15, 0.2) is 78.9 Å². The standard InChI is InChI=1S/C32H36N2O6/c1-21(18-29(35)36)16-17-33-31(37)30(22(2)39-19-23-10-4-3-5-11-23)34-32(38)40-20-28-26-14-8-6-12-24(26)25-13-7-9-15-27(25)28/h3-15,21-22,28,30H,16-20H2,1-2H3,(H,33,37)(H,34,38)(H,35,36). The lowest BCUT2D eigenvalue weighted by Gasteiger charge is -2.25. The summed E-state index contributed by atoms with van der Waals surface area (Å²) in [7, 11) is 0.